The second-order valence-electron chi connectivity index (χ2n) is 4.08. The third-order valence-electron chi connectivity index (χ3n) is 3.32. The monoisotopic (exact) mass is 190 g/mol. The van der Waals surface area contributed by atoms with E-state index in [4.69, 9.17) is 4.84 Å². The summed E-state index contributed by atoms with van der Waals surface area (Å²) in [6.45, 7) is 2.81. The second-order valence-corrected chi connectivity index (χ2v) is 4.08. The molecule has 0 aromatic heterocycles. The summed E-state index contributed by atoms with van der Waals surface area (Å²) in [5, 5.41) is 3.42. The van der Waals surface area contributed by atoms with E-state index in [2.05, 4.69) is 35.1 Å². The standard InChI is InChI=1S/C11H14N2O/c1-2-4-9(5-3-1)11-8-12-6-10(11)7-14-13-11/h1-5,10,12-13H,6-8H2/t10?,11-/m1/s1. The maximum absolute atomic E-state index is 5.38. The first-order chi connectivity index (χ1) is 6.92. The minimum Gasteiger partial charge on any atom is -0.314 e. The van der Waals surface area contributed by atoms with E-state index in [0.717, 1.165) is 19.7 Å². The van der Waals surface area contributed by atoms with Gasteiger partial charge in [0.2, 0.25) is 0 Å². The molecule has 2 saturated heterocycles. The molecule has 3 rings (SSSR count). The van der Waals surface area contributed by atoms with Crippen LogP contribution in [0.3, 0.4) is 0 Å². The first kappa shape index (κ1) is 8.41. The van der Waals surface area contributed by atoms with Crippen molar-refractivity contribution in [3.8, 4) is 0 Å². The lowest BCUT2D eigenvalue weighted by molar-refractivity contribution is 0.0599. The fourth-order valence-electron chi connectivity index (χ4n) is 2.49. The number of rotatable bonds is 1. The van der Waals surface area contributed by atoms with Crippen LogP contribution in [0, 0.1) is 5.92 Å². The van der Waals surface area contributed by atoms with Crippen molar-refractivity contribution in [2.75, 3.05) is 19.7 Å². The summed E-state index contributed by atoms with van der Waals surface area (Å²) in [5.74, 6) is 0.560. The third kappa shape index (κ3) is 1.03. The Morgan fingerprint density at radius 3 is 3.00 bits per heavy atom. The van der Waals surface area contributed by atoms with Crippen LogP contribution in [0.2, 0.25) is 0 Å². The van der Waals surface area contributed by atoms with E-state index in [1.165, 1.54) is 5.56 Å². The number of fused-ring (bicyclic) bond motifs is 1. The molecule has 3 heteroatoms. The SMILES string of the molecule is c1ccc([C@]23CNCC2CON3)cc1. The van der Waals surface area contributed by atoms with Gasteiger partial charge in [0.25, 0.3) is 0 Å². The molecular weight excluding hydrogens is 176 g/mol. The zero-order valence-electron chi connectivity index (χ0n) is 7.99. The highest BCUT2D eigenvalue weighted by Crippen LogP contribution is 2.36. The molecule has 0 spiro atoms. The smallest absolute Gasteiger partial charge is 0.0867 e. The summed E-state index contributed by atoms with van der Waals surface area (Å²) in [5.41, 5.74) is 4.53. The van der Waals surface area contributed by atoms with Crippen LogP contribution in [0.4, 0.5) is 0 Å². The van der Waals surface area contributed by atoms with Crippen LogP contribution in [0.5, 0.6) is 0 Å². The van der Waals surface area contributed by atoms with Crippen molar-refractivity contribution in [1.29, 1.82) is 0 Å². The molecule has 0 aliphatic carbocycles. The first-order valence-electron chi connectivity index (χ1n) is 5.07. The zero-order chi connectivity index (χ0) is 9.43. The Kier molecular flexibility index (Phi) is 1.83. The van der Waals surface area contributed by atoms with Gasteiger partial charge in [-0.3, -0.25) is 0 Å². The third-order valence-corrected chi connectivity index (χ3v) is 3.32. The van der Waals surface area contributed by atoms with Gasteiger partial charge in [-0.2, -0.15) is 5.48 Å². The normalized spacial score (nSPS) is 35.9. The number of hydrogen-bond donors (Lipinski definition) is 2. The lowest BCUT2D eigenvalue weighted by Crippen LogP contribution is -2.42. The zero-order valence-corrected chi connectivity index (χ0v) is 7.99. The molecule has 2 aliphatic rings. The minimum absolute atomic E-state index is 0.0151. The van der Waals surface area contributed by atoms with Crippen molar-refractivity contribution in [3.63, 3.8) is 0 Å². The summed E-state index contributed by atoms with van der Waals surface area (Å²) in [7, 11) is 0. The highest BCUT2D eigenvalue weighted by atomic mass is 16.7. The van der Waals surface area contributed by atoms with Crippen LogP contribution in [-0.4, -0.2) is 19.7 Å². The molecule has 2 heterocycles. The number of hydrogen-bond acceptors (Lipinski definition) is 3. The topological polar surface area (TPSA) is 33.3 Å². The van der Waals surface area contributed by atoms with E-state index in [1.54, 1.807) is 0 Å². The number of benzene rings is 1. The molecule has 1 unspecified atom stereocenters. The van der Waals surface area contributed by atoms with Crippen molar-refractivity contribution in [3.05, 3.63) is 35.9 Å². The van der Waals surface area contributed by atoms with Crippen molar-refractivity contribution in [2.24, 2.45) is 5.92 Å². The Hall–Kier alpha value is -0.900. The largest absolute Gasteiger partial charge is 0.314 e. The first-order valence-corrected chi connectivity index (χ1v) is 5.07. The average molecular weight is 190 g/mol. The lowest BCUT2D eigenvalue weighted by atomic mass is 9.83. The molecule has 0 saturated carbocycles. The average Bonchev–Trinajstić information content (AvgIpc) is 2.77. The maximum Gasteiger partial charge on any atom is 0.0867 e. The van der Waals surface area contributed by atoms with Gasteiger partial charge in [-0.15, -0.1) is 0 Å². The number of hydroxylamine groups is 1. The molecule has 0 bridgehead atoms. The van der Waals surface area contributed by atoms with E-state index in [1.807, 2.05) is 6.07 Å². The van der Waals surface area contributed by atoms with Crippen LogP contribution >= 0.6 is 0 Å². The van der Waals surface area contributed by atoms with Gasteiger partial charge in [-0.25, -0.2) is 0 Å². The van der Waals surface area contributed by atoms with Crippen molar-refractivity contribution in [2.45, 2.75) is 5.54 Å². The lowest BCUT2D eigenvalue weighted by Gasteiger charge is -2.26. The van der Waals surface area contributed by atoms with Crippen molar-refractivity contribution < 1.29 is 4.84 Å². The van der Waals surface area contributed by atoms with Crippen LogP contribution in [0.15, 0.2) is 30.3 Å². The van der Waals surface area contributed by atoms with E-state index >= 15 is 0 Å². The molecule has 14 heavy (non-hydrogen) atoms. The van der Waals surface area contributed by atoms with Crippen molar-refractivity contribution >= 4 is 0 Å². The molecule has 2 N–H and O–H groups in total. The van der Waals surface area contributed by atoms with Gasteiger partial charge in [-0.1, -0.05) is 30.3 Å². The predicted molar refractivity (Wildman–Crippen MR) is 53.6 cm³/mol. The quantitative estimate of drug-likeness (QED) is 0.681. The Labute approximate surface area is 83.4 Å². The van der Waals surface area contributed by atoms with Gasteiger partial charge in [0.05, 0.1) is 12.1 Å². The Balaban J connectivity index is 2.03. The van der Waals surface area contributed by atoms with E-state index in [9.17, 15) is 0 Å². The summed E-state index contributed by atoms with van der Waals surface area (Å²) < 4.78 is 0. The fourth-order valence-corrected chi connectivity index (χ4v) is 2.49. The molecule has 1 aromatic rings. The van der Waals surface area contributed by atoms with Gasteiger partial charge < -0.3 is 10.2 Å². The summed E-state index contributed by atoms with van der Waals surface area (Å²) in [6, 6.07) is 10.6. The Bertz CT molecular complexity index is 315. The van der Waals surface area contributed by atoms with Crippen LogP contribution < -0.4 is 10.8 Å². The summed E-state index contributed by atoms with van der Waals surface area (Å²) in [4.78, 5) is 5.38. The fraction of sp³-hybridized carbons (Fsp3) is 0.455. The van der Waals surface area contributed by atoms with E-state index in [0.29, 0.717) is 5.92 Å². The Morgan fingerprint density at radius 2 is 2.14 bits per heavy atom. The molecule has 2 aliphatic heterocycles. The van der Waals surface area contributed by atoms with Crippen molar-refractivity contribution in [1.82, 2.24) is 10.8 Å². The highest BCUT2D eigenvalue weighted by molar-refractivity contribution is 5.28. The predicted octanol–water partition coefficient (Wildman–Crippen LogP) is 0.636. The van der Waals surface area contributed by atoms with E-state index < -0.39 is 0 Å². The molecule has 0 amide bonds. The van der Waals surface area contributed by atoms with Gasteiger partial charge in [-0.05, 0) is 5.56 Å². The maximum atomic E-state index is 5.38. The second kappa shape index (κ2) is 3.05. The molecule has 2 fully saturated rings. The number of nitrogens with one attached hydrogen (secondary N) is 2. The molecular formula is C11H14N2O. The van der Waals surface area contributed by atoms with Gasteiger partial charge in [0.1, 0.15) is 0 Å². The Morgan fingerprint density at radius 1 is 1.29 bits per heavy atom. The highest BCUT2D eigenvalue weighted by Gasteiger charge is 2.48. The minimum atomic E-state index is 0.0151. The van der Waals surface area contributed by atoms with E-state index in [-0.39, 0.29) is 5.54 Å². The molecule has 0 radical (unpaired) electrons. The summed E-state index contributed by atoms with van der Waals surface area (Å²) in [6.07, 6.45) is 0. The van der Waals surface area contributed by atoms with Crippen LogP contribution in [-0.2, 0) is 10.4 Å². The molecule has 74 valence electrons. The van der Waals surface area contributed by atoms with Gasteiger partial charge in [0.15, 0.2) is 0 Å². The molecule has 3 nitrogen and oxygen atoms in total. The van der Waals surface area contributed by atoms with Crippen LogP contribution in [0.1, 0.15) is 5.56 Å². The van der Waals surface area contributed by atoms with Gasteiger partial charge in [0, 0.05) is 19.0 Å². The van der Waals surface area contributed by atoms with Gasteiger partial charge >= 0.3 is 0 Å². The molecule has 1 aromatic carbocycles. The molecule has 2 atom stereocenters. The van der Waals surface area contributed by atoms with Crippen LogP contribution in [0.25, 0.3) is 0 Å². The summed E-state index contributed by atoms with van der Waals surface area (Å²) >= 11 is 0.